The van der Waals surface area contributed by atoms with Crippen LogP contribution in [-0.4, -0.2) is 19.5 Å². The fourth-order valence-corrected chi connectivity index (χ4v) is 3.17. The highest BCUT2D eigenvalue weighted by Gasteiger charge is 2.18. The van der Waals surface area contributed by atoms with Crippen LogP contribution in [0.2, 0.25) is 0 Å². The smallest absolute Gasteiger partial charge is 0.126 e. The second-order valence-corrected chi connectivity index (χ2v) is 5.50. The molecular formula is C15H11N3OS. The zero-order chi connectivity index (χ0) is 13.5. The summed E-state index contributed by atoms with van der Waals surface area (Å²) < 4.78 is 1.91. The van der Waals surface area contributed by atoms with Gasteiger partial charge in [0.25, 0.3) is 0 Å². The Bertz CT molecular complexity index is 896. The minimum Gasteiger partial charge on any atom is -0.382 e. The first kappa shape index (κ1) is 11.6. The van der Waals surface area contributed by atoms with E-state index in [4.69, 9.17) is 0 Å². The average molecular weight is 281 g/mol. The van der Waals surface area contributed by atoms with Crippen LogP contribution in [0.15, 0.2) is 54.4 Å². The van der Waals surface area contributed by atoms with Gasteiger partial charge in [0.15, 0.2) is 0 Å². The quantitative estimate of drug-likeness (QED) is 0.614. The minimum atomic E-state index is -0.754. The van der Waals surface area contributed by atoms with Crippen molar-refractivity contribution >= 4 is 27.1 Å². The summed E-state index contributed by atoms with van der Waals surface area (Å²) in [6.07, 6.45) is 4.61. The van der Waals surface area contributed by atoms with Crippen LogP contribution in [0.3, 0.4) is 0 Å². The van der Waals surface area contributed by atoms with E-state index in [1.807, 2.05) is 46.3 Å². The van der Waals surface area contributed by atoms with Gasteiger partial charge >= 0.3 is 0 Å². The van der Waals surface area contributed by atoms with Gasteiger partial charge in [-0.1, -0.05) is 18.2 Å². The fourth-order valence-electron chi connectivity index (χ4n) is 2.34. The number of fused-ring (bicyclic) bond motifs is 2. The molecule has 1 N–H and O–H groups in total. The molecule has 5 heteroatoms. The van der Waals surface area contributed by atoms with Crippen LogP contribution in [0, 0.1) is 0 Å². The zero-order valence-corrected chi connectivity index (χ0v) is 11.3. The average Bonchev–Trinajstić information content (AvgIpc) is 3.09. The van der Waals surface area contributed by atoms with Crippen LogP contribution in [-0.2, 0) is 0 Å². The van der Waals surface area contributed by atoms with Crippen molar-refractivity contribution in [2.75, 3.05) is 0 Å². The summed E-state index contributed by atoms with van der Waals surface area (Å²) in [5, 5.41) is 13.5. The SMILES string of the molecule is OC(c1cnc2ccccc2c1)c1ncn2ccsc12. The number of aromatic nitrogens is 3. The van der Waals surface area contributed by atoms with Gasteiger partial charge in [-0.05, 0) is 12.1 Å². The van der Waals surface area contributed by atoms with Gasteiger partial charge in [-0.2, -0.15) is 0 Å². The molecule has 1 atom stereocenters. The lowest BCUT2D eigenvalue weighted by molar-refractivity contribution is 0.217. The number of pyridine rings is 1. The number of imidazole rings is 1. The largest absolute Gasteiger partial charge is 0.382 e. The third kappa shape index (κ3) is 1.71. The van der Waals surface area contributed by atoms with Crippen LogP contribution >= 0.6 is 11.3 Å². The first-order chi connectivity index (χ1) is 9.83. The van der Waals surface area contributed by atoms with Crippen LogP contribution in [0.25, 0.3) is 15.7 Å². The predicted molar refractivity (Wildman–Crippen MR) is 78.9 cm³/mol. The highest BCUT2D eigenvalue weighted by atomic mass is 32.1. The summed E-state index contributed by atoms with van der Waals surface area (Å²) in [5.74, 6) is 0. The van der Waals surface area contributed by atoms with E-state index in [2.05, 4.69) is 9.97 Å². The number of aliphatic hydroxyl groups excluding tert-OH is 1. The number of hydrogen-bond donors (Lipinski definition) is 1. The molecule has 3 heterocycles. The summed E-state index contributed by atoms with van der Waals surface area (Å²) >= 11 is 1.57. The highest BCUT2D eigenvalue weighted by molar-refractivity contribution is 7.15. The van der Waals surface area contributed by atoms with E-state index in [1.54, 1.807) is 23.9 Å². The third-order valence-corrected chi connectivity index (χ3v) is 4.26. The van der Waals surface area contributed by atoms with E-state index in [1.165, 1.54) is 0 Å². The Morgan fingerprint density at radius 2 is 2.10 bits per heavy atom. The number of hydrogen-bond acceptors (Lipinski definition) is 4. The normalized spacial score (nSPS) is 13.1. The molecule has 0 bridgehead atoms. The molecule has 20 heavy (non-hydrogen) atoms. The van der Waals surface area contributed by atoms with E-state index < -0.39 is 6.10 Å². The van der Waals surface area contributed by atoms with Crippen molar-refractivity contribution in [2.45, 2.75) is 6.10 Å². The van der Waals surface area contributed by atoms with Crippen molar-refractivity contribution in [3.8, 4) is 0 Å². The van der Waals surface area contributed by atoms with Crippen LogP contribution < -0.4 is 0 Å². The first-order valence-corrected chi connectivity index (χ1v) is 7.14. The van der Waals surface area contributed by atoms with Gasteiger partial charge in [-0.25, -0.2) is 4.98 Å². The molecule has 3 aromatic heterocycles. The molecule has 0 fully saturated rings. The van der Waals surface area contributed by atoms with Crippen molar-refractivity contribution in [3.63, 3.8) is 0 Å². The van der Waals surface area contributed by atoms with Crippen LogP contribution in [0.4, 0.5) is 0 Å². The summed E-state index contributed by atoms with van der Waals surface area (Å²) in [4.78, 5) is 9.66. The molecule has 0 saturated carbocycles. The Kier molecular flexibility index (Phi) is 2.55. The molecule has 4 nitrogen and oxygen atoms in total. The molecule has 0 aliphatic rings. The molecule has 0 spiro atoms. The molecule has 1 aromatic carbocycles. The third-order valence-electron chi connectivity index (χ3n) is 3.36. The molecule has 0 aliphatic heterocycles. The van der Waals surface area contributed by atoms with Gasteiger partial charge < -0.3 is 5.11 Å². The predicted octanol–water partition coefficient (Wildman–Crippen LogP) is 3.03. The van der Waals surface area contributed by atoms with Crippen molar-refractivity contribution in [2.24, 2.45) is 0 Å². The highest BCUT2D eigenvalue weighted by Crippen LogP contribution is 2.28. The van der Waals surface area contributed by atoms with Gasteiger partial charge in [-0.3, -0.25) is 9.38 Å². The van der Waals surface area contributed by atoms with Gasteiger partial charge in [-0.15, -0.1) is 11.3 Å². The Hall–Kier alpha value is -2.24. The molecular weight excluding hydrogens is 270 g/mol. The number of para-hydroxylation sites is 1. The lowest BCUT2D eigenvalue weighted by Crippen LogP contribution is -2.01. The van der Waals surface area contributed by atoms with E-state index >= 15 is 0 Å². The monoisotopic (exact) mass is 281 g/mol. The van der Waals surface area contributed by atoms with E-state index in [0.717, 1.165) is 21.3 Å². The summed E-state index contributed by atoms with van der Waals surface area (Å²) in [6.45, 7) is 0. The van der Waals surface area contributed by atoms with Crippen LogP contribution in [0.1, 0.15) is 17.4 Å². The number of nitrogens with zero attached hydrogens (tertiary/aromatic N) is 3. The molecule has 0 saturated heterocycles. The summed E-state index contributed by atoms with van der Waals surface area (Å²) in [6, 6.07) is 9.84. The van der Waals surface area contributed by atoms with Crippen molar-refractivity contribution in [1.82, 2.24) is 14.4 Å². The number of rotatable bonds is 2. The summed E-state index contributed by atoms with van der Waals surface area (Å²) in [5.41, 5.74) is 2.37. The lowest BCUT2D eigenvalue weighted by atomic mass is 10.1. The Morgan fingerprint density at radius 3 is 3.05 bits per heavy atom. The molecule has 0 aliphatic carbocycles. The van der Waals surface area contributed by atoms with E-state index in [9.17, 15) is 5.11 Å². The maximum absolute atomic E-state index is 10.5. The minimum absolute atomic E-state index is 0.678. The number of benzene rings is 1. The van der Waals surface area contributed by atoms with Crippen molar-refractivity contribution < 1.29 is 5.11 Å². The maximum Gasteiger partial charge on any atom is 0.126 e. The summed E-state index contributed by atoms with van der Waals surface area (Å²) in [7, 11) is 0. The second-order valence-electron chi connectivity index (χ2n) is 4.61. The van der Waals surface area contributed by atoms with Crippen LogP contribution in [0.5, 0.6) is 0 Å². The van der Waals surface area contributed by atoms with Gasteiger partial charge in [0.1, 0.15) is 23.0 Å². The molecule has 0 radical (unpaired) electrons. The molecule has 1 unspecified atom stereocenters. The lowest BCUT2D eigenvalue weighted by Gasteiger charge is -2.09. The maximum atomic E-state index is 10.5. The van der Waals surface area contributed by atoms with Crippen molar-refractivity contribution in [1.29, 1.82) is 0 Å². The van der Waals surface area contributed by atoms with E-state index in [0.29, 0.717) is 5.69 Å². The Balaban J connectivity index is 1.83. The number of aliphatic hydroxyl groups is 1. The first-order valence-electron chi connectivity index (χ1n) is 6.26. The van der Waals surface area contributed by atoms with Crippen molar-refractivity contribution in [3.05, 3.63) is 65.7 Å². The molecule has 4 rings (SSSR count). The Morgan fingerprint density at radius 1 is 1.20 bits per heavy atom. The van der Waals surface area contributed by atoms with Gasteiger partial charge in [0.05, 0.1) is 5.52 Å². The molecule has 4 aromatic rings. The van der Waals surface area contributed by atoms with E-state index in [-0.39, 0.29) is 0 Å². The van der Waals surface area contributed by atoms with Gasteiger partial charge in [0.2, 0.25) is 0 Å². The molecule has 0 amide bonds. The molecule has 98 valence electrons. The Labute approximate surface area is 119 Å². The zero-order valence-electron chi connectivity index (χ0n) is 10.5. The fraction of sp³-hybridized carbons (Fsp3) is 0.0667. The number of thiazole rings is 1. The van der Waals surface area contributed by atoms with Gasteiger partial charge in [0, 0.05) is 28.7 Å². The second kappa shape index (κ2) is 4.40. The standard InChI is InChI=1S/C15H11N3OS/c19-14(13-15-18(9-17-13)5-6-20-15)11-7-10-3-1-2-4-12(10)16-8-11/h1-9,14,19H. The topological polar surface area (TPSA) is 50.4 Å².